The van der Waals surface area contributed by atoms with Crippen LogP contribution in [0.5, 0.6) is 0 Å². The van der Waals surface area contributed by atoms with E-state index in [-0.39, 0.29) is 12.2 Å². The Kier molecular flexibility index (Phi) is 5.49. The number of alkyl carbamates (subject to hydrolysis) is 1. The molecule has 0 spiro atoms. The average Bonchev–Trinajstić information content (AvgIpc) is 2.69. The Hall–Kier alpha value is -3.55. The summed E-state index contributed by atoms with van der Waals surface area (Å²) in [5.41, 5.74) is 0.604. The average molecular weight is 379 g/mol. The van der Waals surface area contributed by atoms with Gasteiger partial charge in [-0.05, 0) is 25.5 Å². The van der Waals surface area contributed by atoms with Crippen LogP contribution in [0.3, 0.4) is 0 Å². The topological polar surface area (TPSA) is 99.0 Å². The van der Waals surface area contributed by atoms with Crippen molar-refractivity contribution in [3.63, 3.8) is 0 Å². The zero-order valence-electron chi connectivity index (χ0n) is 15.9. The van der Waals surface area contributed by atoms with Crippen LogP contribution in [0.2, 0.25) is 0 Å². The number of carbonyl (C=O) groups is 1. The smallest absolute Gasteiger partial charge is 0.408 e. The van der Waals surface area contributed by atoms with Gasteiger partial charge < -0.3 is 10.1 Å². The lowest BCUT2D eigenvalue weighted by molar-refractivity contribution is 0.128. The number of nitrogens with one attached hydrogen (secondary N) is 1. The molecule has 1 aromatic carbocycles. The molecular weight excluding hydrogens is 358 g/mol. The minimum Gasteiger partial charge on any atom is -0.445 e. The zero-order valence-corrected chi connectivity index (χ0v) is 15.9. The van der Waals surface area contributed by atoms with Gasteiger partial charge in [-0.25, -0.2) is 19.7 Å². The summed E-state index contributed by atoms with van der Waals surface area (Å²) in [6.45, 7) is 3.65. The summed E-state index contributed by atoms with van der Waals surface area (Å²) in [7, 11) is 1.60. The number of hydrogen-bond acceptors (Lipinski definition) is 6. The van der Waals surface area contributed by atoms with Crippen LogP contribution in [-0.2, 0) is 23.9 Å². The number of amides is 1. The predicted octanol–water partition coefficient (Wildman–Crippen LogP) is 2.40. The van der Waals surface area contributed by atoms with Gasteiger partial charge in [0.1, 0.15) is 18.8 Å². The molecule has 2 heterocycles. The lowest BCUT2D eigenvalue weighted by Crippen LogP contribution is -2.45. The molecule has 0 aliphatic rings. The Morgan fingerprint density at radius 2 is 1.93 bits per heavy atom. The molecule has 0 saturated carbocycles. The Labute approximate surface area is 162 Å². The van der Waals surface area contributed by atoms with Crippen molar-refractivity contribution >= 4 is 6.09 Å². The Morgan fingerprint density at radius 1 is 1.18 bits per heavy atom. The number of benzene rings is 1. The highest BCUT2D eigenvalue weighted by Crippen LogP contribution is 2.20. The van der Waals surface area contributed by atoms with E-state index in [1.165, 1.54) is 17.0 Å². The van der Waals surface area contributed by atoms with Gasteiger partial charge in [-0.3, -0.25) is 9.36 Å². The second-order valence-electron chi connectivity index (χ2n) is 6.77. The van der Waals surface area contributed by atoms with Crippen LogP contribution in [0.25, 0.3) is 11.4 Å². The van der Waals surface area contributed by atoms with E-state index in [2.05, 4.69) is 20.3 Å². The molecule has 2 aromatic heterocycles. The van der Waals surface area contributed by atoms with Crippen molar-refractivity contribution in [1.82, 2.24) is 24.8 Å². The van der Waals surface area contributed by atoms with Gasteiger partial charge in [0.2, 0.25) is 0 Å². The summed E-state index contributed by atoms with van der Waals surface area (Å²) < 4.78 is 6.68. The second kappa shape index (κ2) is 7.99. The molecule has 0 fully saturated rings. The number of ether oxygens (including phenoxy) is 1. The molecule has 0 aliphatic carbocycles. The summed E-state index contributed by atoms with van der Waals surface area (Å²) in [6, 6.07) is 12.4. The molecular formula is C20H21N5O3. The fourth-order valence-corrected chi connectivity index (χ4v) is 2.74. The minimum absolute atomic E-state index is 0.149. The molecule has 0 aliphatic heterocycles. The van der Waals surface area contributed by atoms with Crippen LogP contribution in [-0.4, -0.2) is 25.6 Å². The van der Waals surface area contributed by atoms with Crippen LogP contribution in [0, 0.1) is 0 Å². The lowest BCUT2D eigenvalue weighted by atomic mass is 10.0. The molecule has 28 heavy (non-hydrogen) atoms. The fourth-order valence-electron chi connectivity index (χ4n) is 2.74. The van der Waals surface area contributed by atoms with Gasteiger partial charge in [0.15, 0.2) is 0 Å². The van der Waals surface area contributed by atoms with Crippen molar-refractivity contribution in [2.24, 2.45) is 7.05 Å². The largest absolute Gasteiger partial charge is 0.445 e. The number of rotatable bonds is 5. The second-order valence-corrected chi connectivity index (χ2v) is 6.77. The summed E-state index contributed by atoms with van der Waals surface area (Å²) in [4.78, 5) is 37.3. The van der Waals surface area contributed by atoms with Gasteiger partial charge in [0.25, 0.3) is 5.56 Å². The number of nitrogens with zero attached hydrogens (tertiary/aromatic N) is 4. The number of hydrogen-bond donors (Lipinski definition) is 1. The molecule has 0 radical (unpaired) electrons. The minimum atomic E-state index is -0.954. The van der Waals surface area contributed by atoms with E-state index in [4.69, 9.17) is 4.74 Å². The van der Waals surface area contributed by atoms with Gasteiger partial charge >= 0.3 is 6.09 Å². The standard InChI is InChI=1S/C20H21N5O3/c1-20(2,24-19(27)28-12-14-7-5-4-6-8-14)18-23-16(11-17(26)25(18)3)15-9-10-21-13-22-15/h4-11,13H,12H2,1-3H3,(H,24,27). The molecule has 0 bridgehead atoms. The lowest BCUT2D eigenvalue weighted by Gasteiger charge is -2.27. The molecule has 0 unspecified atom stereocenters. The van der Waals surface area contributed by atoms with Gasteiger partial charge in [-0.2, -0.15) is 0 Å². The van der Waals surface area contributed by atoms with Crippen molar-refractivity contribution in [3.05, 3.63) is 76.7 Å². The summed E-state index contributed by atoms with van der Waals surface area (Å²) >= 11 is 0. The third-order valence-corrected chi connectivity index (χ3v) is 4.17. The van der Waals surface area contributed by atoms with Gasteiger partial charge in [-0.15, -0.1) is 0 Å². The first-order valence-corrected chi connectivity index (χ1v) is 8.70. The van der Waals surface area contributed by atoms with Gasteiger partial charge in [-0.1, -0.05) is 30.3 Å². The van der Waals surface area contributed by atoms with Crippen LogP contribution < -0.4 is 10.9 Å². The molecule has 144 valence electrons. The van der Waals surface area contributed by atoms with E-state index in [0.717, 1.165) is 5.56 Å². The van der Waals surface area contributed by atoms with Crippen LogP contribution in [0.1, 0.15) is 25.2 Å². The molecule has 0 saturated heterocycles. The van der Waals surface area contributed by atoms with Gasteiger partial charge in [0, 0.05) is 19.3 Å². The molecule has 3 aromatic rings. The van der Waals surface area contributed by atoms with E-state index in [1.807, 2.05) is 30.3 Å². The zero-order chi connectivity index (χ0) is 20.1. The Bertz CT molecular complexity index is 1020. The predicted molar refractivity (Wildman–Crippen MR) is 103 cm³/mol. The SMILES string of the molecule is Cn1c(C(C)(C)NC(=O)OCc2ccccc2)nc(-c2ccncn2)cc1=O. The maximum absolute atomic E-state index is 12.4. The van der Waals surface area contributed by atoms with Crippen molar-refractivity contribution in [2.45, 2.75) is 26.0 Å². The first-order valence-electron chi connectivity index (χ1n) is 8.70. The van der Waals surface area contributed by atoms with Crippen molar-refractivity contribution in [3.8, 4) is 11.4 Å². The first kappa shape index (κ1) is 19.2. The van der Waals surface area contributed by atoms with Crippen molar-refractivity contribution < 1.29 is 9.53 Å². The molecule has 8 heteroatoms. The summed E-state index contributed by atoms with van der Waals surface area (Å²) in [6.07, 6.45) is 2.36. The number of carbonyl (C=O) groups excluding carboxylic acids is 1. The normalized spacial score (nSPS) is 11.1. The molecule has 3 rings (SSSR count). The Balaban J connectivity index is 1.81. The van der Waals surface area contributed by atoms with Crippen molar-refractivity contribution in [2.75, 3.05) is 0 Å². The number of aromatic nitrogens is 4. The third-order valence-electron chi connectivity index (χ3n) is 4.17. The quantitative estimate of drug-likeness (QED) is 0.731. The summed E-state index contributed by atoms with van der Waals surface area (Å²) in [5, 5.41) is 2.77. The maximum Gasteiger partial charge on any atom is 0.408 e. The molecule has 8 nitrogen and oxygen atoms in total. The highest BCUT2D eigenvalue weighted by Gasteiger charge is 2.29. The molecule has 1 N–H and O–H groups in total. The van der Waals surface area contributed by atoms with Crippen molar-refractivity contribution in [1.29, 1.82) is 0 Å². The van der Waals surface area contributed by atoms with E-state index in [9.17, 15) is 9.59 Å². The molecule has 0 atom stereocenters. The van der Waals surface area contributed by atoms with Crippen LogP contribution in [0.15, 0.2) is 59.8 Å². The third kappa shape index (κ3) is 4.40. The van der Waals surface area contributed by atoms with Gasteiger partial charge in [0.05, 0.1) is 16.9 Å². The summed E-state index contributed by atoms with van der Waals surface area (Å²) in [5.74, 6) is 0.380. The Morgan fingerprint density at radius 3 is 2.61 bits per heavy atom. The highest BCUT2D eigenvalue weighted by atomic mass is 16.5. The monoisotopic (exact) mass is 379 g/mol. The molecule has 1 amide bonds. The first-order chi connectivity index (χ1) is 13.4. The maximum atomic E-state index is 12.4. The fraction of sp³-hybridized carbons (Fsp3) is 0.250. The highest BCUT2D eigenvalue weighted by molar-refractivity contribution is 5.68. The van der Waals surface area contributed by atoms with E-state index >= 15 is 0 Å². The van der Waals surface area contributed by atoms with E-state index in [1.54, 1.807) is 33.2 Å². The van der Waals surface area contributed by atoms with E-state index < -0.39 is 11.6 Å². The van der Waals surface area contributed by atoms with Crippen LogP contribution >= 0.6 is 0 Å². The van der Waals surface area contributed by atoms with Crippen LogP contribution in [0.4, 0.5) is 4.79 Å². The van der Waals surface area contributed by atoms with E-state index in [0.29, 0.717) is 17.2 Å².